The number of carbonyl (C=O) groups is 2. The van der Waals surface area contributed by atoms with Crippen molar-refractivity contribution in [3.63, 3.8) is 0 Å². The number of hydrogen-bond donors (Lipinski definition) is 1. The third kappa shape index (κ3) is 8.29. The van der Waals surface area contributed by atoms with Crippen molar-refractivity contribution in [1.29, 1.82) is 0 Å². The van der Waals surface area contributed by atoms with Gasteiger partial charge in [-0.2, -0.15) is 0 Å². The first kappa shape index (κ1) is 38.9. The first-order chi connectivity index (χ1) is 25.4. The number of aliphatic imine (C=N–C) groups is 1. The highest BCUT2D eigenvalue weighted by atomic mass is 32.2. The number of amides is 2. The van der Waals surface area contributed by atoms with Gasteiger partial charge >= 0.3 is 6.09 Å². The molecule has 4 heterocycles. The van der Waals surface area contributed by atoms with Gasteiger partial charge < -0.3 is 19.6 Å². The van der Waals surface area contributed by atoms with Crippen LogP contribution in [0, 0.1) is 11.7 Å². The van der Waals surface area contributed by atoms with E-state index in [4.69, 9.17) is 19.3 Å². The van der Waals surface area contributed by atoms with E-state index in [1.807, 2.05) is 0 Å². The third-order valence-corrected chi connectivity index (χ3v) is 12.1. The lowest BCUT2D eigenvalue weighted by Crippen LogP contribution is -2.48. The van der Waals surface area contributed by atoms with Gasteiger partial charge in [0.15, 0.2) is 11.0 Å². The molecule has 14 nitrogen and oxygen atoms in total. The average Bonchev–Trinajstić information content (AvgIpc) is 3.74. The number of nitrogens with zero attached hydrogens (tertiary/aromatic N) is 8. The van der Waals surface area contributed by atoms with Crippen molar-refractivity contribution < 1.29 is 32.7 Å². The quantitative estimate of drug-likeness (QED) is 0.102. The summed E-state index contributed by atoms with van der Waals surface area (Å²) < 4.78 is 42.3. The molecule has 2 amide bonds. The Balaban J connectivity index is 1.31. The molecule has 1 aliphatic heterocycles. The normalized spacial score (nSPS) is 21.3. The Labute approximate surface area is 316 Å². The van der Waals surface area contributed by atoms with Crippen molar-refractivity contribution in [1.82, 2.24) is 40.3 Å². The largest absolute Gasteiger partial charge is 0.443 e. The molecule has 1 fully saturated rings. The maximum atomic E-state index is 16.0. The van der Waals surface area contributed by atoms with E-state index in [1.54, 1.807) is 46.0 Å². The molecule has 1 aliphatic carbocycles. The Morgan fingerprint density at radius 1 is 1.17 bits per heavy atom. The number of fused-ring (bicyclic) bond motifs is 2. The highest BCUT2D eigenvalue weighted by Crippen LogP contribution is 2.66. The predicted octanol–water partition coefficient (Wildman–Crippen LogP) is 6.44. The van der Waals surface area contributed by atoms with E-state index in [-0.39, 0.29) is 34.9 Å². The molecule has 0 bridgehead atoms. The van der Waals surface area contributed by atoms with E-state index in [0.29, 0.717) is 29.8 Å². The number of benzene rings is 1. The fourth-order valence-electron chi connectivity index (χ4n) is 6.00. The molecule has 54 heavy (non-hydrogen) atoms. The molecule has 6 rings (SSSR count). The number of rotatable bonds is 11. The summed E-state index contributed by atoms with van der Waals surface area (Å²) >= 11 is 1.14. The summed E-state index contributed by atoms with van der Waals surface area (Å²) in [7, 11) is 0.0853. The molecule has 3 atom stereocenters. The molecule has 0 radical (unpaired) electrons. The molecule has 1 aromatic carbocycles. The van der Waals surface area contributed by atoms with Crippen LogP contribution in [0.5, 0.6) is 5.88 Å². The van der Waals surface area contributed by atoms with Crippen molar-refractivity contribution in [2.75, 3.05) is 20.4 Å². The topological polar surface area (TPSA) is 159 Å². The molecular weight excluding hydrogens is 737 g/mol. The number of halogens is 2. The van der Waals surface area contributed by atoms with Crippen LogP contribution < -0.4 is 10.2 Å². The lowest BCUT2D eigenvalue weighted by molar-refractivity contribution is -0.121. The molecule has 4 aromatic rings. The second-order valence-electron chi connectivity index (χ2n) is 15.5. The van der Waals surface area contributed by atoms with Gasteiger partial charge in [0.05, 0.1) is 17.9 Å². The van der Waals surface area contributed by atoms with Crippen LogP contribution in [-0.2, 0) is 19.8 Å². The molecule has 1 saturated carbocycles. The van der Waals surface area contributed by atoms with Gasteiger partial charge in [0.25, 0.3) is 5.88 Å². The monoisotopic (exact) mass is 779 g/mol. The zero-order valence-electron chi connectivity index (χ0n) is 31.4. The van der Waals surface area contributed by atoms with Crippen molar-refractivity contribution in [2.45, 2.75) is 75.7 Å². The number of amidine groups is 1. The van der Waals surface area contributed by atoms with Crippen LogP contribution in [0.4, 0.5) is 13.6 Å². The van der Waals surface area contributed by atoms with E-state index in [2.05, 4.69) is 50.2 Å². The van der Waals surface area contributed by atoms with Crippen LogP contribution in [0.2, 0.25) is 25.7 Å². The van der Waals surface area contributed by atoms with E-state index in [1.165, 1.54) is 48.6 Å². The lowest BCUT2D eigenvalue weighted by atomic mass is 9.84. The molecule has 0 unspecified atom stereocenters. The molecule has 0 saturated heterocycles. The standard InChI is InChI=1S/C36H43F2N9O5SSi/c1-34(2,3)51-33(49)46(21-50-14-15-54(6,7)8)32-43-35(4,28-18-36(28,53-32)31(48)39-5)23-16-22(11-12-24(23)37)17-25(38)27-19-42-29(20-41-27)52-47-30-26(44-45-47)10-9-13-40-30/h9-13,16-17,19-20,28H,14-15,18,21H2,1-8H3,(H,39,48)/b25-17-/t28-,35+,36-/m0/s1. The number of pyridine rings is 1. The highest BCUT2D eigenvalue weighted by molar-refractivity contribution is 8.16. The van der Waals surface area contributed by atoms with Gasteiger partial charge in [0, 0.05) is 39.4 Å². The molecular formula is C36H43F2N9O5SSi. The number of thioether (sulfide) groups is 1. The Hall–Kier alpha value is -4.81. The number of hydrogen-bond acceptors (Lipinski definition) is 12. The first-order valence-electron chi connectivity index (χ1n) is 17.4. The van der Waals surface area contributed by atoms with E-state index in [9.17, 15) is 9.59 Å². The second kappa shape index (κ2) is 14.8. The number of aromatic nitrogens is 6. The van der Waals surface area contributed by atoms with Gasteiger partial charge in [-0.25, -0.2) is 33.4 Å². The van der Waals surface area contributed by atoms with Gasteiger partial charge in [-0.15, -0.1) is 5.10 Å². The predicted molar refractivity (Wildman–Crippen MR) is 203 cm³/mol. The average molecular weight is 780 g/mol. The van der Waals surface area contributed by atoms with Gasteiger partial charge in [-0.05, 0) is 81.3 Å². The minimum Gasteiger partial charge on any atom is -0.443 e. The highest BCUT2D eigenvalue weighted by Gasteiger charge is 2.71. The smallest absolute Gasteiger partial charge is 0.418 e. The van der Waals surface area contributed by atoms with Gasteiger partial charge in [-0.3, -0.25) is 9.79 Å². The number of nitrogens with one attached hydrogen (secondary N) is 1. The minimum absolute atomic E-state index is 0.0238. The van der Waals surface area contributed by atoms with Crippen molar-refractivity contribution in [3.8, 4) is 5.88 Å². The summed E-state index contributed by atoms with van der Waals surface area (Å²) in [6, 6.07) is 8.44. The molecule has 18 heteroatoms. The summed E-state index contributed by atoms with van der Waals surface area (Å²) in [6.45, 7) is 13.9. The Morgan fingerprint density at radius 3 is 2.63 bits per heavy atom. The van der Waals surface area contributed by atoms with Crippen LogP contribution in [0.15, 0.2) is 53.9 Å². The molecule has 0 spiro atoms. The molecule has 286 valence electrons. The first-order valence-corrected chi connectivity index (χ1v) is 21.9. The van der Waals surface area contributed by atoms with Crippen LogP contribution in [-0.4, -0.2) is 91.0 Å². The van der Waals surface area contributed by atoms with Gasteiger partial charge in [-0.1, -0.05) is 42.3 Å². The van der Waals surface area contributed by atoms with E-state index in [0.717, 1.165) is 22.7 Å². The second-order valence-corrected chi connectivity index (χ2v) is 22.4. The fraction of sp³-hybridized carbons (Fsp3) is 0.444. The van der Waals surface area contributed by atoms with Crippen LogP contribution in [0.3, 0.4) is 0 Å². The Morgan fingerprint density at radius 2 is 1.94 bits per heavy atom. The lowest BCUT2D eigenvalue weighted by Gasteiger charge is -2.37. The summed E-state index contributed by atoms with van der Waals surface area (Å²) in [5.41, 5.74) is -0.952. The van der Waals surface area contributed by atoms with Crippen molar-refractivity contribution in [3.05, 3.63) is 71.6 Å². The van der Waals surface area contributed by atoms with Crippen molar-refractivity contribution >= 4 is 60.1 Å². The van der Waals surface area contributed by atoms with Crippen molar-refractivity contribution in [2.24, 2.45) is 10.9 Å². The van der Waals surface area contributed by atoms with E-state index < -0.39 is 47.6 Å². The minimum atomic E-state index is -1.45. The fourth-order valence-corrected chi connectivity index (χ4v) is 8.38. The molecule has 3 aromatic heterocycles. The summed E-state index contributed by atoms with van der Waals surface area (Å²) in [5.74, 6) is -2.04. The maximum Gasteiger partial charge on any atom is 0.418 e. The van der Waals surface area contributed by atoms with Gasteiger partial charge in [0.1, 0.15) is 34.1 Å². The zero-order chi connectivity index (χ0) is 39.1. The Kier molecular flexibility index (Phi) is 10.7. The molecule has 1 N–H and O–H groups in total. The van der Waals surface area contributed by atoms with Crippen LogP contribution in [0.1, 0.15) is 50.9 Å². The van der Waals surface area contributed by atoms with Crippen LogP contribution >= 0.6 is 11.8 Å². The Bertz CT molecular complexity index is 2120. The number of carbonyl (C=O) groups excluding carboxylic acids is 2. The van der Waals surface area contributed by atoms with E-state index >= 15 is 8.78 Å². The van der Waals surface area contributed by atoms with Crippen LogP contribution in [0.25, 0.3) is 23.1 Å². The summed E-state index contributed by atoms with van der Waals surface area (Å²) in [6.07, 6.45) is 4.83. The number of ether oxygens (including phenoxy) is 2. The molecule has 2 aliphatic rings. The zero-order valence-corrected chi connectivity index (χ0v) is 33.2. The maximum absolute atomic E-state index is 16.0. The SMILES string of the molecule is CNC(=O)[C@]12C[C@H]1[C@@](C)(c1cc(/C=C(\F)c3cnc(On4nnc5cccnc54)cn3)ccc1F)N=C(N(COCC[Si](C)(C)C)C(=O)OC(C)(C)C)S2. The van der Waals surface area contributed by atoms with Gasteiger partial charge in [0.2, 0.25) is 11.6 Å². The summed E-state index contributed by atoms with van der Waals surface area (Å²) in [5, 5.41) is 10.7. The third-order valence-electron chi connectivity index (χ3n) is 8.93. The summed E-state index contributed by atoms with van der Waals surface area (Å²) in [4.78, 5) is 52.5.